The lowest BCUT2D eigenvalue weighted by atomic mass is 9.95. The van der Waals surface area contributed by atoms with Crippen LogP contribution >= 0.6 is 15.9 Å². The summed E-state index contributed by atoms with van der Waals surface area (Å²) in [6, 6.07) is 11.3. The number of nitrogens with zero attached hydrogens (tertiary/aromatic N) is 2. The number of rotatable bonds is 5. The molecule has 0 spiro atoms. The largest absolute Gasteiger partial charge is 0.507 e. The molecule has 1 saturated heterocycles. The van der Waals surface area contributed by atoms with E-state index in [0.717, 1.165) is 4.47 Å². The molecule has 142 valence electrons. The molecule has 1 atom stereocenters. The molecule has 0 bridgehead atoms. The molecule has 0 aromatic heterocycles. The Bertz CT molecular complexity index is 996. The van der Waals surface area contributed by atoms with Crippen molar-refractivity contribution in [2.75, 3.05) is 6.54 Å². The van der Waals surface area contributed by atoms with Gasteiger partial charge in [0.15, 0.2) is 0 Å². The van der Waals surface area contributed by atoms with E-state index in [1.165, 1.54) is 35.2 Å². The fraction of sp³-hybridized carbons (Fsp3) is 0.100. The first-order chi connectivity index (χ1) is 13.3. The van der Waals surface area contributed by atoms with Gasteiger partial charge in [-0.3, -0.25) is 19.7 Å². The monoisotopic (exact) mass is 442 g/mol. The predicted molar refractivity (Wildman–Crippen MR) is 106 cm³/mol. The van der Waals surface area contributed by atoms with Crippen molar-refractivity contribution in [1.82, 2.24) is 4.90 Å². The molecule has 0 radical (unpaired) electrons. The minimum atomic E-state index is -0.873. The van der Waals surface area contributed by atoms with Gasteiger partial charge in [0, 0.05) is 28.7 Å². The number of aliphatic hydroxyl groups is 1. The number of benzene rings is 2. The molecular weight excluding hydrogens is 428 g/mol. The van der Waals surface area contributed by atoms with Crippen LogP contribution in [-0.2, 0) is 9.59 Å². The number of nitro groups is 1. The van der Waals surface area contributed by atoms with Gasteiger partial charge in [0.05, 0.1) is 16.5 Å². The van der Waals surface area contributed by atoms with Crippen LogP contribution in [0.25, 0.3) is 5.76 Å². The van der Waals surface area contributed by atoms with Crippen LogP contribution in [0, 0.1) is 10.1 Å². The number of carbonyl (C=O) groups is 2. The lowest BCUT2D eigenvalue weighted by molar-refractivity contribution is -0.384. The number of aliphatic hydroxyl groups excluding tert-OH is 1. The lowest BCUT2D eigenvalue weighted by Crippen LogP contribution is -2.29. The molecule has 1 aliphatic heterocycles. The number of amides is 1. The van der Waals surface area contributed by atoms with E-state index >= 15 is 0 Å². The molecule has 0 saturated carbocycles. The second-order valence-corrected chi connectivity index (χ2v) is 7.01. The van der Waals surface area contributed by atoms with E-state index in [9.17, 15) is 24.8 Å². The van der Waals surface area contributed by atoms with Crippen LogP contribution in [0.3, 0.4) is 0 Å². The van der Waals surface area contributed by atoms with Crippen LogP contribution in [0.2, 0.25) is 0 Å². The molecule has 7 nitrogen and oxygen atoms in total. The van der Waals surface area contributed by atoms with Crippen molar-refractivity contribution in [1.29, 1.82) is 0 Å². The third kappa shape index (κ3) is 3.46. The van der Waals surface area contributed by atoms with Gasteiger partial charge in [0.25, 0.3) is 17.4 Å². The van der Waals surface area contributed by atoms with Crippen LogP contribution in [0.5, 0.6) is 0 Å². The van der Waals surface area contributed by atoms with E-state index in [2.05, 4.69) is 22.5 Å². The average Bonchev–Trinajstić information content (AvgIpc) is 2.93. The van der Waals surface area contributed by atoms with Crippen molar-refractivity contribution in [3.8, 4) is 0 Å². The molecule has 0 unspecified atom stereocenters. The minimum absolute atomic E-state index is 0.0666. The highest BCUT2D eigenvalue weighted by molar-refractivity contribution is 9.10. The molecule has 1 N–H and O–H groups in total. The van der Waals surface area contributed by atoms with Gasteiger partial charge in [-0.25, -0.2) is 0 Å². The number of non-ortho nitro benzene ring substituents is 1. The molecule has 1 aliphatic rings. The minimum Gasteiger partial charge on any atom is -0.507 e. The maximum Gasteiger partial charge on any atom is 0.295 e. The van der Waals surface area contributed by atoms with E-state index < -0.39 is 22.7 Å². The van der Waals surface area contributed by atoms with Crippen molar-refractivity contribution in [2.24, 2.45) is 0 Å². The van der Waals surface area contributed by atoms with Crippen molar-refractivity contribution in [3.63, 3.8) is 0 Å². The third-order valence-electron chi connectivity index (χ3n) is 4.40. The zero-order valence-electron chi connectivity index (χ0n) is 14.5. The number of nitro benzene ring substituents is 1. The molecule has 2 aromatic rings. The van der Waals surface area contributed by atoms with Crippen LogP contribution in [0.4, 0.5) is 5.69 Å². The summed E-state index contributed by atoms with van der Waals surface area (Å²) < 4.78 is 0.795. The van der Waals surface area contributed by atoms with Crippen LogP contribution in [0.15, 0.2) is 71.2 Å². The van der Waals surface area contributed by atoms with Crippen molar-refractivity contribution in [2.45, 2.75) is 6.04 Å². The van der Waals surface area contributed by atoms with Gasteiger partial charge in [0.1, 0.15) is 5.76 Å². The first-order valence-corrected chi connectivity index (χ1v) is 9.04. The van der Waals surface area contributed by atoms with Crippen LogP contribution < -0.4 is 0 Å². The Morgan fingerprint density at radius 2 is 1.79 bits per heavy atom. The topological polar surface area (TPSA) is 101 Å². The molecule has 1 heterocycles. The highest BCUT2D eigenvalue weighted by Crippen LogP contribution is 2.39. The summed E-state index contributed by atoms with van der Waals surface area (Å²) in [5, 5.41) is 21.7. The summed E-state index contributed by atoms with van der Waals surface area (Å²) in [6.45, 7) is 3.70. The Labute approximate surface area is 168 Å². The number of hydrogen-bond donors (Lipinski definition) is 1. The fourth-order valence-corrected chi connectivity index (χ4v) is 3.36. The standard InChI is InChI=1S/C20H15BrN2O5/c1-2-11-22-17(12-5-9-15(10-6-12)23(27)28)16(19(25)20(22)26)18(24)13-3-7-14(21)8-4-13/h2-10,17,24H,1,11H2/t17-/m1/s1. The zero-order chi connectivity index (χ0) is 20.4. The molecule has 2 aromatic carbocycles. The quantitative estimate of drug-likeness (QED) is 0.188. The smallest absolute Gasteiger partial charge is 0.295 e. The summed E-state index contributed by atoms with van der Waals surface area (Å²) >= 11 is 3.30. The summed E-state index contributed by atoms with van der Waals surface area (Å²) in [6.07, 6.45) is 1.48. The highest BCUT2D eigenvalue weighted by atomic mass is 79.9. The first kappa shape index (κ1) is 19.5. The Morgan fingerprint density at radius 3 is 2.32 bits per heavy atom. The molecule has 8 heteroatoms. The number of halogens is 1. The maximum atomic E-state index is 12.7. The molecule has 3 rings (SSSR count). The number of Topliss-reactive ketones (excluding diaryl/α,β-unsaturated/α-hetero) is 1. The Balaban J connectivity index is 2.17. The fourth-order valence-electron chi connectivity index (χ4n) is 3.10. The molecule has 1 amide bonds. The lowest BCUT2D eigenvalue weighted by Gasteiger charge is -2.24. The zero-order valence-corrected chi connectivity index (χ0v) is 16.1. The van der Waals surface area contributed by atoms with Gasteiger partial charge in [-0.15, -0.1) is 6.58 Å². The van der Waals surface area contributed by atoms with E-state index in [1.807, 2.05) is 0 Å². The molecule has 0 aliphatic carbocycles. The van der Waals surface area contributed by atoms with E-state index in [-0.39, 0.29) is 23.6 Å². The second-order valence-electron chi connectivity index (χ2n) is 6.10. The van der Waals surface area contributed by atoms with Gasteiger partial charge < -0.3 is 10.0 Å². The SMILES string of the molecule is C=CCN1C(=O)C(=O)C(=C(O)c2ccc(Br)cc2)[C@H]1c1ccc([N+](=O)[O-])cc1. The molecule has 1 fully saturated rings. The average molecular weight is 443 g/mol. The van der Waals surface area contributed by atoms with Gasteiger partial charge in [-0.05, 0) is 29.8 Å². The Hall–Kier alpha value is -3.26. The van der Waals surface area contributed by atoms with E-state index in [4.69, 9.17) is 0 Å². The van der Waals surface area contributed by atoms with Gasteiger partial charge in [-0.2, -0.15) is 0 Å². The normalized spacial score (nSPS) is 18.3. The number of ketones is 1. The van der Waals surface area contributed by atoms with Gasteiger partial charge in [0.2, 0.25) is 0 Å². The number of hydrogen-bond acceptors (Lipinski definition) is 5. The molecular formula is C20H15BrN2O5. The second kappa shape index (κ2) is 7.77. The number of likely N-dealkylation sites (tertiary alicyclic amines) is 1. The van der Waals surface area contributed by atoms with Gasteiger partial charge >= 0.3 is 0 Å². The Kier molecular flexibility index (Phi) is 5.41. The van der Waals surface area contributed by atoms with Gasteiger partial charge in [-0.1, -0.05) is 34.1 Å². The molecule has 28 heavy (non-hydrogen) atoms. The first-order valence-electron chi connectivity index (χ1n) is 8.24. The van der Waals surface area contributed by atoms with E-state index in [1.54, 1.807) is 24.3 Å². The van der Waals surface area contributed by atoms with E-state index in [0.29, 0.717) is 11.1 Å². The van der Waals surface area contributed by atoms with Crippen molar-refractivity contribution < 1.29 is 19.6 Å². The van der Waals surface area contributed by atoms with Crippen LogP contribution in [0.1, 0.15) is 17.2 Å². The Morgan fingerprint density at radius 1 is 1.18 bits per heavy atom. The maximum absolute atomic E-state index is 12.7. The third-order valence-corrected chi connectivity index (χ3v) is 4.93. The summed E-state index contributed by atoms with van der Waals surface area (Å²) in [5.74, 6) is -1.88. The van der Waals surface area contributed by atoms with Crippen LogP contribution in [-0.4, -0.2) is 33.2 Å². The number of carbonyl (C=O) groups excluding carboxylic acids is 2. The summed E-state index contributed by atoms with van der Waals surface area (Å²) in [5.41, 5.74) is 0.678. The summed E-state index contributed by atoms with van der Waals surface area (Å²) in [7, 11) is 0. The summed E-state index contributed by atoms with van der Waals surface area (Å²) in [4.78, 5) is 36.8. The highest BCUT2D eigenvalue weighted by Gasteiger charge is 2.45. The van der Waals surface area contributed by atoms with Crippen molar-refractivity contribution >= 4 is 39.1 Å². The van der Waals surface area contributed by atoms with Crippen molar-refractivity contribution in [3.05, 3.63) is 92.5 Å². The predicted octanol–water partition coefficient (Wildman–Crippen LogP) is 3.97.